The lowest BCUT2D eigenvalue weighted by Crippen LogP contribution is -2.31. The minimum absolute atomic E-state index is 0.0163. The molecular weight excluding hydrogens is 280 g/mol. The molecule has 0 N–H and O–H groups in total. The molecule has 0 radical (unpaired) electrons. The van der Waals surface area contributed by atoms with Crippen LogP contribution in [0.25, 0.3) is 0 Å². The van der Waals surface area contributed by atoms with Gasteiger partial charge in [-0.3, -0.25) is 4.79 Å². The lowest BCUT2D eigenvalue weighted by atomic mass is 10.1. The summed E-state index contributed by atoms with van der Waals surface area (Å²) < 4.78 is 0. The molecule has 0 aliphatic carbocycles. The van der Waals surface area contributed by atoms with Gasteiger partial charge in [-0.25, -0.2) is 5.01 Å². The van der Waals surface area contributed by atoms with Crippen LogP contribution in [0.15, 0.2) is 46.9 Å². The number of carbonyl (C=O) groups is 1. The zero-order chi connectivity index (χ0) is 13.2. The molecule has 0 bridgehead atoms. The number of rotatable bonds is 2. The Balaban J connectivity index is 1.97. The standard InChI is InChI=1S/C14H11ClN2OS/c15-10-3-5-11(6-4-10)17-14(18)8-7-12(16-17)13-2-1-9-19-13/h1-6,9H,7-8H2. The molecule has 0 fully saturated rings. The first-order chi connectivity index (χ1) is 9.24. The van der Waals surface area contributed by atoms with E-state index in [-0.39, 0.29) is 5.91 Å². The molecular formula is C14H11ClN2OS. The van der Waals surface area contributed by atoms with Gasteiger partial charge in [0.15, 0.2) is 0 Å². The second-order valence-electron chi connectivity index (χ2n) is 4.21. The van der Waals surface area contributed by atoms with Crippen molar-refractivity contribution in [1.29, 1.82) is 0 Å². The summed E-state index contributed by atoms with van der Waals surface area (Å²) in [5.74, 6) is 0.0163. The Hall–Kier alpha value is -1.65. The van der Waals surface area contributed by atoms with E-state index in [9.17, 15) is 4.79 Å². The van der Waals surface area contributed by atoms with Crippen LogP contribution in [-0.2, 0) is 4.79 Å². The Bertz CT molecular complexity index is 619. The Labute approximate surface area is 120 Å². The molecule has 1 amide bonds. The molecule has 5 heteroatoms. The maximum Gasteiger partial charge on any atom is 0.247 e. The van der Waals surface area contributed by atoms with Crippen molar-refractivity contribution in [3.8, 4) is 0 Å². The zero-order valence-electron chi connectivity index (χ0n) is 10.0. The lowest BCUT2D eigenvalue weighted by Gasteiger charge is -2.23. The Morgan fingerprint density at radius 1 is 1.16 bits per heavy atom. The van der Waals surface area contributed by atoms with Crippen LogP contribution in [0.3, 0.4) is 0 Å². The summed E-state index contributed by atoms with van der Waals surface area (Å²) >= 11 is 7.50. The van der Waals surface area contributed by atoms with Gasteiger partial charge in [0, 0.05) is 17.9 Å². The van der Waals surface area contributed by atoms with E-state index < -0.39 is 0 Å². The Kier molecular flexibility index (Phi) is 3.36. The van der Waals surface area contributed by atoms with Crippen molar-refractivity contribution < 1.29 is 4.79 Å². The fraction of sp³-hybridized carbons (Fsp3) is 0.143. The summed E-state index contributed by atoms with van der Waals surface area (Å²) in [6.45, 7) is 0. The zero-order valence-corrected chi connectivity index (χ0v) is 11.6. The van der Waals surface area contributed by atoms with Crippen LogP contribution in [-0.4, -0.2) is 11.6 Å². The second-order valence-corrected chi connectivity index (χ2v) is 5.59. The number of benzene rings is 1. The third-order valence-electron chi connectivity index (χ3n) is 2.91. The molecule has 0 atom stereocenters. The van der Waals surface area contributed by atoms with Gasteiger partial charge < -0.3 is 0 Å². The number of nitrogens with zero attached hydrogens (tertiary/aromatic N) is 2. The van der Waals surface area contributed by atoms with E-state index in [0.717, 1.165) is 16.3 Å². The predicted molar refractivity (Wildman–Crippen MR) is 79.0 cm³/mol. The van der Waals surface area contributed by atoms with Gasteiger partial charge >= 0.3 is 0 Å². The molecule has 0 unspecified atom stereocenters. The molecule has 0 spiro atoms. The summed E-state index contributed by atoms with van der Waals surface area (Å²) in [4.78, 5) is 13.1. The minimum Gasteiger partial charge on any atom is -0.273 e. The molecule has 0 saturated heterocycles. The van der Waals surface area contributed by atoms with Crippen LogP contribution in [0, 0.1) is 0 Å². The largest absolute Gasteiger partial charge is 0.273 e. The normalized spacial score (nSPS) is 15.5. The first kappa shape index (κ1) is 12.4. The van der Waals surface area contributed by atoms with Crippen molar-refractivity contribution in [1.82, 2.24) is 0 Å². The highest BCUT2D eigenvalue weighted by atomic mass is 35.5. The number of halogens is 1. The monoisotopic (exact) mass is 290 g/mol. The van der Waals surface area contributed by atoms with Crippen LogP contribution < -0.4 is 5.01 Å². The van der Waals surface area contributed by atoms with Crippen molar-refractivity contribution >= 4 is 40.2 Å². The van der Waals surface area contributed by atoms with Crippen molar-refractivity contribution in [3.05, 3.63) is 51.7 Å². The van der Waals surface area contributed by atoms with Gasteiger partial charge in [0.2, 0.25) is 5.91 Å². The molecule has 96 valence electrons. The number of carbonyl (C=O) groups excluding carboxylic acids is 1. The molecule has 19 heavy (non-hydrogen) atoms. The molecule has 3 nitrogen and oxygen atoms in total. The highest BCUT2D eigenvalue weighted by molar-refractivity contribution is 7.12. The number of anilines is 1. The maximum atomic E-state index is 12.0. The molecule has 1 aromatic heterocycles. The Morgan fingerprint density at radius 2 is 1.95 bits per heavy atom. The molecule has 1 aliphatic heterocycles. The van der Waals surface area contributed by atoms with E-state index in [0.29, 0.717) is 17.9 Å². The highest BCUT2D eigenvalue weighted by Gasteiger charge is 2.22. The number of thiophene rings is 1. The second kappa shape index (κ2) is 5.15. The quantitative estimate of drug-likeness (QED) is 0.825. The van der Waals surface area contributed by atoms with E-state index in [1.54, 1.807) is 35.6 Å². The summed E-state index contributed by atoms with van der Waals surface area (Å²) in [5, 5.41) is 8.60. The third-order valence-corrected chi connectivity index (χ3v) is 4.08. The summed E-state index contributed by atoms with van der Waals surface area (Å²) in [6, 6.07) is 11.2. The van der Waals surface area contributed by atoms with Gasteiger partial charge in [0.05, 0.1) is 16.3 Å². The van der Waals surface area contributed by atoms with E-state index in [1.807, 2.05) is 17.5 Å². The smallest absolute Gasteiger partial charge is 0.247 e. The van der Waals surface area contributed by atoms with Gasteiger partial charge in [-0.2, -0.15) is 5.10 Å². The van der Waals surface area contributed by atoms with Gasteiger partial charge in [0.1, 0.15) is 0 Å². The predicted octanol–water partition coefficient (Wildman–Crippen LogP) is 3.93. The molecule has 3 rings (SSSR count). The molecule has 2 aromatic rings. The SMILES string of the molecule is O=C1CCC(c2cccs2)=NN1c1ccc(Cl)cc1. The van der Waals surface area contributed by atoms with E-state index in [4.69, 9.17) is 11.6 Å². The first-order valence-electron chi connectivity index (χ1n) is 5.94. The molecule has 0 saturated carbocycles. The summed E-state index contributed by atoms with van der Waals surface area (Å²) in [6.07, 6.45) is 1.18. The average Bonchev–Trinajstić information content (AvgIpc) is 2.94. The average molecular weight is 291 g/mol. The summed E-state index contributed by atoms with van der Waals surface area (Å²) in [7, 11) is 0. The fourth-order valence-corrected chi connectivity index (χ4v) is 2.82. The van der Waals surface area contributed by atoms with Gasteiger partial charge in [-0.15, -0.1) is 11.3 Å². The molecule has 1 aliphatic rings. The van der Waals surface area contributed by atoms with Crippen LogP contribution in [0.5, 0.6) is 0 Å². The fourth-order valence-electron chi connectivity index (χ4n) is 1.96. The van der Waals surface area contributed by atoms with Crippen LogP contribution in [0.1, 0.15) is 17.7 Å². The number of hydrazone groups is 1. The number of hydrogen-bond donors (Lipinski definition) is 0. The third kappa shape index (κ3) is 2.55. The lowest BCUT2D eigenvalue weighted by molar-refractivity contribution is -0.118. The van der Waals surface area contributed by atoms with Crippen molar-refractivity contribution in [2.24, 2.45) is 5.10 Å². The maximum absolute atomic E-state index is 12.0. The minimum atomic E-state index is 0.0163. The van der Waals surface area contributed by atoms with Crippen LogP contribution in [0.4, 0.5) is 5.69 Å². The van der Waals surface area contributed by atoms with Gasteiger partial charge in [0.25, 0.3) is 0 Å². The number of amides is 1. The Morgan fingerprint density at radius 3 is 2.63 bits per heavy atom. The summed E-state index contributed by atoms with van der Waals surface area (Å²) in [5.41, 5.74) is 1.72. The highest BCUT2D eigenvalue weighted by Crippen LogP contribution is 2.25. The van der Waals surface area contributed by atoms with Crippen molar-refractivity contribution in [2.75, 3.05) is 5.01 Å². The number of hydrogen-bond acceptors (Lipinski definition) is 3. The van der Waals surface area contributed by atoms with Crippen molar-refractivity contribution in [2.45, 2.75) is 12.8 Å². The van der Waals surface area contributed by atoms with Gasteiger partial charge in [-0.1, -0.05) is 17.7 Å². The van der Waals surface area contributed by atoms with E-state index in [2.05, 4.69) is 5.10 Å². The van der Waals surface area contributed by atoms with Crippen molar-refractivity contribution in [3.63, 3.8) is 0 Å². The first-order valence-corrected chi connectivity index (χ1v) is 7.20. The van der Waals surface area contributed by atoms with Crippen LogP contribution >= 0.6 is 22.9 Å². The van der Waals surface area contributed by atoms with Gasteiger partial charge in [-0.05, 0) is 35.7 Å². The molecule has 1 aromatic carbocycles. The molecule has 2 heterocycles. The topological polar surface area (TPSA) is 32.7 Å². The van der Waals surface area contributed by atoms with E-state index >= 15 is 0 Å². The van der Waals surface area contributed by atoms with E-state index in [1.165, 1.54) is 5.01 Å². The van der Waals surface area contributed by atoms with Crippen LogP contribution in [0.2, 0.25) is 5.02 Å².